The molecular formula is C86H104Cl2N8O28S. The number of phenols is 3. The molecule has 39 heteroatoms. The largest absolute Gasteiger partial charge is 0.507 e. The second kappa shape index (κ2) is 41.1. The standard InChI is InChI=1S/C86H104Cl2N8O28S/c1-7-9-10-23-118-48-14-16-49(17-15-48)125(116,117)92-22-21-91-37-53-57(100)33-52-67(74(53)106)51-25-42(11-18-56(51)99)50-32-59(102)68-45-29-62(120-60-19-12-43(26-54(60)87)72(104)70(95-80(110)41(8-2)24-39(3)4)58(101)28-46(31-65(90)103)81(111)93-68)77(63(30-45)121-61-20-13-44(27-55(61)88)73(105)71(96-82(50)112)83(113)94-69(52)84(114)115)124-85-78(76(108)75(107)64(38-97)122-85)123-66-35-86(6,34-47(98)36-89)79(109)40(5)119-66/h11-20,25-27,29-30,33,39-41,46,50,64,66,68-73,75-76,78-79,85,91-92,97,99-100,104-109H,7-10,21-24,28,31-32,34-38,89H2,1-6H3,(H2,90,103)(H,93,111)(H,94,113)(H,95,110)(H,96,112)(H,114,115)/t40-,41+,46-,50+,64+,66-,68+,69-,70-,71-,72+,73+,75+,76-,78+,79+,85-,86-/m0/s1. The molecule has 0 radical (unpaired) electrons. The fraction of sp³-hybridized carbons (Fsp3) is 0.477. The van der Waals surface area contributed by atoms with E-state index in [0.717, 1.165) is 79.9 Å². The van der Waals surface area contributed by atoms with Gasteiger partial charge in [0, 0.05) is 79.8 Å². The number of aliphatic carboxylic acids is 1. The van der Waals surface area contributed by atoms with Crippen molar-refractivity contribution in [2.24, 2.45) is 34.6 Å². The molecule has 0 spiro atoms. The van der Waals surface area contributed by atoms with Crippen LogP contribution in [0.3, 0.4) is 0 Å². The molecule has 6 aromatic rings. The third-order valence-electron chi connectivity index (χ3n) is 22.8. The number of fused-ring (bicyclic) bond motifs is 15. The number of nitrogens with two attached hydrogens (primary N) is 2. The summed E-state index contributed by atoms with van der Waals surface area (Å²) in [6, 6.07) is 9.84. The third kappa shape index (κ3) is 22.1. The zero-order chi connectivity index (χ0) is 91.0. The molecule has 0 aromatic heterocycles. The van der Waals surface area contributed by atoms with E-state index in [1.54, 1.807) is 13.8 Å². The summed E-state index contributed by atoms with van der Waals surface area (Å²) in [4.78, 5) is 133. The lowest BCUT2D eigenvalue weighted by molar-refractivity contribution is -0.338. The van der Waals surface area contributed by atoms with Gasteiger partial charge in [-0.1, -0.05) is 88.9 Å². The summed E-state index contributed by atoms with van der Waals surface area (Å²) >= 11 is 14.4. The van der Waals surface area contributed by atoms with Gasteiger partial charge >= 0.3 is 5.97 Å². The number of unbranched alkanes of at least 4 members (excludes halogenated alkanes) is 2. The quantitative estimate of drug-likeness (QED) is 0.0275. The van der Waals surface area contributed by atoms with Crippen LogP contribution < -0.4 is 61.7 Å². The average molecular weight is 1800 g/mol. The number of aliphatic hydroxyl groups excluding tert-OH is 6. The number of benzene rings is 6. The Morgan fingerprint density at radius 2 is 1.39 bits per heavy atom. The maximum atomic E-state index is 16.5. The first-order valence-electron chi connectivity index (χ1n) is 40.9. The van der Waals surface area contributed by atoms with E-state index < -0.39 is 284 Å². The van der Waals surface area contributed by atoms with Gasteiger partial charge in [-0.15, -0.1) is 0 Å². The molecule has 125 heavy (non-hydrogen) atoms. The minimum absolute atomic E-state index is 0.0491. The van der Waals surface area contributed by atoms with Gasteiger partial charge in [0.2, 0.25) is 51.6 Å². The highest BCUT2D eigenvalue weighted by atomic mass is 35.5. The highest BCUT2D eigenvalue weighted by molar-refractivity contribution is 7.89. The van der Waals surface area contributed by atoms with Crippen LogP contribution in [-0.2, 0) is 73.9 Å². The lowest BCUT2D eigenvalue weighted by Crippen LogP contribution is -2.62. The van der Waals surface area contributed by atoms with Crippen LogP contribution in [0.15, 0.2) is 102 Å². The Kier molecular flexibility index (Phi) is 31.4. The summed E-state index contributed by atoms with van der Waals surface area (Å²) in [7, 11) is -4.14. The van der Waals surface area contributed by atoms with E-state index in [-0.39, 0.29) is 70.6 Å². The molecule has 7 aliphatic rings. The van der Waals surface area contributed by atoms with E-state index in [4.69, 9.17) is 67.8 Å². The number of hydrogen-bond acceptors (Lipinski definition) is 29. The highest BCUT2D eigenvalue weighted by Crippen LogP contribution is 2.52. The van der Waals surface area contributed by atoms with Crippen molar-refractivity contribution in [3.63, 3.8) is 0 Å². The molecule has 0 aliphatic carbocycles. The van der Waals surface area contributed by atoms with Gasteiger partial charge in [0.05, 0.1) is 64.3 Å². The number of rotatable bonds is 28. The van der Waals surface area contributed by atoms with Crippen molar-refractivity contribution < 1.29 is 136 Å². The number of aromatic hydroxyl groups is 3. The van der Waals surface area contributed by atoms with E-state index in [0.29, 0.717) is 18.8 Å². The van der Waals surface area contributed by atoms with Crippen molar-refractivity contribution in [1.82, 2.24) is 31.3 Å². The van der Waals surface area contributed by atoms with Crippen LogP contribution in [-0.4, -0.2) is 206 Å². The first kappa shape index (κ1) is 95.5. The lowest BCUT2D eigenvalue weighted by atomic mass is 9.73. The van der Waals surface area contributed by atoms with Gasteiger partial charge < -0.3 is 122 Å². The van der Waals surface area contributed by atoms with Crippen LogP contribution in [0.2, 0.25) is 10.0 Å². The first-order valence-corrected chi connectivity index (χ1v) is 43.1. The third-order valence-corrected chi connectivity index (χ3v) is 24.9. The Hall–Kier alpha value is -10.2. The van der Waals surface area contributed by atoms with Crippen molar-refractivity contribution in [3.05, 3.63) is 140 Å². The number of amides is 5. The predicted molar refractivity (Wildman–Crippen MR) is 445 cm³/mol. The van der Waals surface area contributed by atoms with Crippen molar-refractivity contribution >= 4 is 86.1 Å². The van der Waals surface area contributed by atoms with Gasteiger partial charge in [0.25, 0.3) is 0 Å². The van der Waals surface area contributed by atoms with Crippen LogP contribution in [0, 0.1) is 23.2 Å². The van der Waals surface area contributed by atoms with Crippen LogP contribution in [0.25, 0.3) is 11.1 Å². The molecule has 20 N–H and O–H groups in total. The first-order chi connectivity index (χ1) is 59.3. The van der Waals surface area contributed by atoms with E-state index in [1.165, 1.54) is 43.3 Å². The molecule has 5 amide bonds. The monoisotopic (exact) mass is 1800 g/mol. The minimum atomic E-state index is -4.14. The predicted octanol–water partition coefficient (Wildman–Crippen LogP) is 5.36. The van der Waals surface area contributed by atoms with Crippen LogP contribution in [0.1, 0.15) is 169 Å². The number of ether oxygens (including phenoxy) is 7. The van der Waals surface area contributed by atoms with Gasteiger partial charge in [-0.05, 0) is 133 Å². The summed E-state index contributed by atoms with van der Waals surface area (Å²) in [6.45, 7) is 8.56. The number of aliphatic hydroxyl groups is 6. The van der Waals surface area contributed by atoms with Gasteiger partial charge in [0.1, 0.15) is 88.9 Å². The molecule has 7 heterocycles. The molecule has 18 atom stereocenters. The highest BCUT2D eigenvalue weighted by Gasteiger charge is 2.53. The lowest BCUT2D eigenvalue weighted by Gasteiger charge is -2.48. The topological polar surface area (TPSA) is 579 Å². The maximum Gasteiger partial charge on any atom is 0.330 e. The molecular weight excluding hydrogens is 1700 g/mol. The Bertz CT molecular complexity index is 5150. The summed E-state index contributed by atoms with van der Waals surface area (Å²) in [5, 5.41) is 131. The molecule has 7 aliphatic heterocycles. The maximum absolute atomic E-state index is 16.5. The van der Waals surface area contributed by atoms with Gasteiger partial charge in [0.15, 0.2) is 41.5 Å². The van der Waals surface area contributed by atoms with E-state index >= 15 is 24.0 Å². The van der Waals surface area contributed by atoms with Gasteiger partial charge in [-0.25, -0.2) is 17.9 Å². The number of carbonyl (C=O) groups excluding carboxylic acids is 8. The Labute approximate surface area is 728 Å². The second-order valence-corrected chi connectivity index (χ2v) is 35.1. The van der Waals surface area contributed by atoms with Crippen LogP contribution in [0.5, 0.6) is 51.7 Å². The Morgan fingerprint density at radius 1 is 0.736 bits per heavy atom. The summed E-state index contributed by atoms with van der Waals surface area (Å²) in [5.74, 6) is -20.2. The minimum Gasteiger partial charge on any atom is -0.507 e. The number of phenolic OH excluding ortho intramolecular Hbond substituents is 3. The van der Waals surface area contributed by atoms with Gasteiger partial charge in [-0.2, -0.15) is 0 Å². The van der Waals surface area contributed by atoms with Crippen molar-refractivity contribution in [2.45, 2.75) is 209 Å². The summed E-state index contributed by atoms with van der Waals surface area (Å²) < 4.78 is 74.1. The number of Topliss-reactive ketones (excluding diaryl/α,β-unsaturated/α-hetero) is 3. The number of halogens is 2. The van der Waals surface area contributed by atoms with E-state index in [1.807, 2.05) is 20.8 Å². The molecule has 6 aromatic carbocycles. The number of carboxylic acid groups (broad SMARTS) is 1. The van der Waals surface area contributed by atoms with Crippen molar-refractivity contribution in [2.75, 3.05) is 32.8 Å². The average Bonchev–Trinajstić information content (AvgIpc) is 0.757. The molecule has 36 nitrogen and oxygen atoms in total. The number of ketones is 3. The SMILES string of the molecule is CCCCCOc1ccc(S(=O)(=O)NCCNCc2c(O)cc3c(c2O)-c2cc(ccc2O)[C@H]2CC(=O)[C@@H]4NC(=O)[C@H](CC(N)=O)CC(=O)[C@H](NC(=O)[C@H](CC)CC(C)C)[C@H](O)c5ccc(c(Cl)c5)Oc5cc4cc(c5O[C@@H]4O[C@H](CO)[C@@H](O)[C@H](O)[C@H]4O[C@H]4C[C@](C)(CC(=O)CN)[C@H](O)[C@H](C)O4)Oc4ccc(cc4Cl)[C@@H](O)[C@H](NC2=O)C(=O)N[C@@H]3C(=O)O)cc1. The zero-order valence-electron chi connectivity index (χ0n) is 69.1. The molecule has 2 saturated heterocycles. The van der Waals surface area contributed by atoms with Crippen molar-refractivity contribution in [1.29, 1.82) is 0 Å². The number of primary amides is 1. The Balaban J connectivity index is 1.09. The number of sulfonamides is 1. The second-order valence-electron chi connectivity index (χ2n) is 32.5. The summed E-state index contributed by atoms with van der Waals surface area (Å²) in [5.41, 5.74) is 6.93. The van der Waals surface area contributed by atoms with Crippen LogP contribution >= 0.6 is 23.2 Å². The molecule has 11 bridgehead atoms. The molecule has 676 valence electrons. The fourth-order valence-corrected chi connectivity index (χ4v) is 17.5. The van der Waals surface area contributed by atoms with E-state index in [9.17, 15) is 78.7 Å². The molecule has 0 unspecified atom stereocenters. The molecule has 13 rings (SSSR count). The number of hydrogen-bond donors (Lipinski definition) is 18. The van der Waals surface area contributed by atoms with Gasteiger partial charge in [-0.3, -0.25) is 38.4 Å². The number of carboxylic acids is 1. The number of carbonyl (C=O) groups is 9. The van der Waals surface area contributed by atoms with Crippen molar-refractivity contribution in [3.8, 4) is 62.9 Å². The zero-order valence-corrected chi connectivity index (χ0v) is 71.4. The van der Waals surface area contributed by atoms with E-state index in [2.05, 4.69) is 31.3 Å². The summed E-state index contributed by atoms with van der Waals surface area (Å²) in [6.07, 6.45) is -18.5. The smallest absolute Gasteiger partial charge is 0.330 e. The normalized spacial score (nSPS) is 26.3. The molecule has 0 saturated carbocycles. The fourth-order valence-electron chi connectivity index (χ4n) is 16.1. The molecule has 2 fully saturated rings. The van der Waals surface area contributed by atoms with Crippen LogP contribution in [0.4, 0.5) is 0 Å². The Morgan fingerprint density at radius 3 is 2.00 bits per heavy atom. The number of nitrogens with one attached hydrogen (secondary N) is 6.